The lowest BCUT2D eigenvalue weighted by atomic mass is 10.9. The van der Waals surface area contributed by atoms with Crippen LogP contribution < -0.4 is 10.0 Å². The molecule has 0 aromatic carbocycles. The smallest absolute Gasteiger partial charge is 0.334 e. The minimum Gasteiger partial charge on any atom is -0.468 e. The highest BCUT2D eigenvalue weighted by atomic mass is 32.2. The van der Waals surface area contributed by atoms with Gasteiger partial charge in [0.1, 0.15) is 12.2 Å². The van der Waals surface area contributed by atoms with Gasteiger partial charge in [0.15, 0.2) is 0 Å². The van der Waals surface area contributed by atoms with Crippen molar-refractivity contribution >= 4 is 24.3 Å². The van der Waals surface area contributed by atoms with Gasteiger partial charge in [0.25, 0.3) is 6.02 Å². The summed E-state index contributed by atoms with van der Waals surface area (Å²) in [4.78, 5) is 10.6. The third-order valence-corrected chi connectivity index (χ3v) is 1.08. The molecule has 0 saturated heterocycles. The zero-order valence-corrected chi connectivity index (χ0v) is 6.95. The molecule has 0 aromatic heterocycles. The lowest BCUT2D eigenvalue weighted by molar-refractivity contribution is 0.247. The molecule has 0 radical (unpaired) electrons. The Kier molecular flexibility index (Phi) is 5.30. The summed E-state index contributed by atoms with van der Waals surface area (Å²) >= 11 is 0.754. The molecule has 3 N–H and O–H groups in total. The van der Waals surface area contributed by atoms with Crippen molar-refractivity contribution in [1.29, 1.82) is 5.41 Å². The maximum Gasteiger partial charge on any atom is 0.334 e. The van der Waals surface area contributed by atoms with Gasteiger partial charge in [-0.3, -0.25) is 15.4 Å². The molecule has 11 heavy (non-hydrogen) atoms. The van der Waals surface area contributed by atoms with Crippen LogP contribution in [0.4, 0.5) is 4.79 Å². The van der Waals surface area contributed by atoms with Crippen molar-refractivity contribution in [3.8, 4) is 0 Å². The van der Waals surface area contributed by atoms with E-state index in [1.807, 2.05) is 0 Å². The average molecular weight is 179 g/mol. The molecule has 0 rings (SSSR count). The number of carbonyl (C=O) groups excluding carboxylic acids is 1. The fraction of sp³-hybridized carbons (Fsp3) is 0.500. The Balaban J connectivity index is 3.44. The van der Waals surface area contributed by atoms with Gasteiger partial charge in [-0.15, -0.1) is 0 Å². The normalized spacial score (nSPS) is 8.55. The first-order valence-electron chi connectivity index (χ1n) is 2.60. The predicted molar refractivity (Wildman–Crippen MR) is 41.0 cm³/mol. The van der Waals surface area contributed by atoms with E-state index >= 15 is 0 Å². The predicted octanol–water partition coefficient (Wildman–Crippen LogP) is 0.0764. The largest absolute Gasteiger partial charge is 0.468 e. The van der Waals surface area contributed by atoms with Gasteiger partial charge in [-0.05, 0) is 0 Å². The van der Waals surface area contributed by atoms with E-state index in [4.69, 9.17) is 5.41 Å². The number of amidine groups is 1. The Labute approximate surface area is 68.5 Å². The maximum atomic E-state index is 10.6. The Morgan fingerprint density at radius 1 is 1.55 bits per heavy atom. The van der Waals surface area contributed by atoms with Crippen molar-refractivity contribution in [2.75, 3.05) is 14.2 Å². The Morgan fingerprint density at radius 2 is 2.18 bits per heavy atom. The second-order valence-electron chi connectivity index (χ2n) is 1.34. The highest BCUT2D eigenvalue weighted by Crippen LogP contribution is 1.89. The number of methoxy groups -OCH3 is 1. The van der Waals surface area contributed by atoms with Crippen molar-refractivity contribution in [2.24, 2.45) is 0 Å². The monoisotopic (exact) mass is 179 g/mol. The summed E-state index contributed by atoms with van der Waals surface area (Å²) in [6, 6.07) is -0.886. The van der Waals surface area contributed by atoms with E-state index in [-0.39, 0.29) is 6.02 Å². The lowest BCUT2D eigenvalue weighted by Gasteiger charge is -2.03. The number of nitrogens with one attached hydrogen (secondary N) is 3. The molecule has 2 amide bonds. The van der Waals surface area contributed by atoms with Crippen LogP contribution in [0.15, 0.2) is 0 Å². The van der Waals surface area contributed by atoms with Crippen molar-refractivity contribution < 1.29 is 13.7 Å². The zero-order chi connectivity index (χ0) is 8.69. The second kappa shape index (κ2) is 5.81. The second-order valence-corrected chi connectivity index (χ2v) is 2.04. The van der Waals surface area contributed by atoms with Crippen LogP contribution in [-0.2, 0) is 8.92 Å². The first-order valence-corrected chi connectivity index (χ1v) is 3.34. The van der Waals surface area contributed by atoms with Gasteiger partial charge < -0.3 is 8.92 Å². The van der Waals surface area contributed by atoms with Crippen LogP contribution in [0.3, 0.4) is 0 Å². The molecular formula is C4H9N3O3S. The van der Waals surface area contributed by atoms with E-state index in [1.54, 1.807) is 0 Å². The molecule has 0 aliphatic rings. The van der Waals surface area contributed by atoms with Gasteiger partial charge in [0.2, 0.25) is 0 Å². The molecule has 0 aromatic rings. The van der Waals surface area contributed by atoms with E-state index in [0.29, 0.717) is 0 Å². The number of rotatable bonds is 2. The maximum absolute atomic E-state index is 10.6. The van der Waals surface area contributed by atoms with Crippen molar-refractivity contribution in [3.05, 3.63) is 0 Å². The van der Waals surface area contributed by atoms with E-state index in [2.05, 4.69) is 19.0 Å². The van der Waals surface area contributed by atoms with Gasteiger partial charge in [-0.25, -0.2) is 4.79 Å². The highest BCUT2D eigenvalue weighted by Gasteiger charge is 2.01. The SMILES string of the molecule is COSNC(=O)NC(=N)OC. The summed E-state index contributed by atoms with van der Waals surface area (Å²) < 4.78 is 11.0. The molecule has 6 nitrogen and oxygen atoms in total. The molecule has 0 heterocycles. The van der Waals surface area contributed by atoms with E-state index in [1.165, 1.54) is 14.2 Å². The number of hydrogen-bond acceptors (Lipinski definition) is 5. The number of ether oxygens (including phenoxy) is 1. The number of hydrogen-bond donors (Lipinski definition) is 3. The van der Waals surface area contributed by atoms with E-state index < -0.39 is 6.03 Å². The molecule has 0 unspecified atom stereocenters. The molecule has 0 bridgehead atoms. The quantitative estimate of drug-likeness (QED) is 0.242. The lowest BCUT2D eigenvalue weighted by Crippen LogP contribution is -2.36. The summed E-state index contributed by atoms with van der Waals surface area (Å²) in [5.41, 5.74) is 0. The zero-order valence-electron chi connectivity index (χ0n) is 6.13. The third kappa shape index (κ3) is 5.49. The van der Waals surface area contributed by atoms with Gasteiger partial charge in [0, 0.05) is 0 Å². The molecular weight excluding hydrogens is 170 g/mol. The molecule has 0 aliphatic carbocycles. The minimum absolute atomic E-state index is 0.320. The fourth-order valence-corrected chi connectivity index (χ4v) is 0.469. The highest BCUT2D eigenvalue weighted by molar-refractivity contribution is 7.93. The van der Waals surface area contributed by atoms with E-state index in [9.17, 15) is 4.79 Å². The third-order valence-electron chi connectivity index (χ3n) is 0.649. The molecule has 0 fully saturated rings. The Morgan fingerprint density at radius 3 is 2.64 bits per heavy atom. The molecule has 64 valence electrons. The molecule has 7 heteroatoms. The van der Waals surface area contributed by atoms with Gasteiger partial charge >= 0.3 is 6.03 Å². The summed E-state index contributed by atoms with van der Waals surface area (Å²) in [6.45, 7) is 0. The van der Waals surface area contributed by atoms with Crippen molar-refractivity contribution in [3.63, 3.8) is 0 Å². The van der Waals surface area contributed by atoms with Crippen LogP contribution in [0.25, 0.3) is 0 Å². The topological polar surface area (TPSA) is 83.4 Å². The average Bonchev–Trinajstić information content (AvgIpc) is 2.00. The molecule has 0 aliphatic heterocycles. The number of amides is 2. The molecule has 0 atom stereocenters. The first-order chi connectivity index (χ1) is 5.20. The molecule has 0 spiro atoms. The molecule has 0 saturated carbocycles. The van der Waals surface area contributed by atoms with E-state index in [0.717, 1.165) is 12.2 Å². The van der Waals surface area contributed by atoms with Gasteiger partial charge in [0.05, 0.1) is 14.2 Å². The van der Waals surface area contributed by atoms with Crippen LogP contribution in [0.2, 0.25) is 0 Å². The summed E-state index contributed by atoms with van der Waals surface area (Å²) in [5, 5.41) is 8.93. The van der Waals surface area contributed by atoms with Crippen LogP contribution in [0.5, 0.6) is 0 Å². The summed E-state index contributed by atoms with van der Waals surface area (Å²) in [5.74, 6) is 0. The van der Waals surface area contributed by atoms with Gasteiger partial charge in [-0.1, -0.05) is 0 Å². The fourth-order valence-electron chi connectivity index (χ4n) is 0.259. The van der Waals surface area contributed by atoms with Crippen molar-refractivity contribution in [2.45, 2.75) is 0 Å². The summed E-state index contributed by atoms with van der Waals surface area (Å²) in [6.07, 6.45) is 0. The number of urea groups is 1. The first kappa shape index (κ1) is 10.0. The van der Waals surface area contributed by atoms with Crippen LogP contribution in [0.1, 0.15) is 0 Å². The Bertz CT molecular complexity index is 152. The van der Waals surface area contributed by atoms with Crippen LogP contribution in [-0.4, -0.2) is 26.3 Å². The van der Waals surface area contributed by atoms with Crippen LogP contribution >= 0.6 is 12.2 Å². The van der Waals surface area contributed by atoms with Gasteiger partial charge in [-0.2, -0.15) is 0 Å². The standard InChI is InChI=1S/C4H9N3O3S/c1-9-3(5)6-4(8)7-11-10-2/h1-2H3,(H3,5,6,7,8). The minimum atomic E-state index is -0.566. The number of carbonyl (C=O) groups is 1. The Hall–Kier alpha value is -0.950. The van der Waals surface area contributed by atoms with Crippen LogP contribution in [0, 0.1) is 5.41 Å². The summed E-state index contributed by atoms with van der Waals surface area (Å²) in [7, 11) is 2.69. The van der Waals surface area contributed by atoms with Crippen molar-refractivity contribution in [1.82, 2.24) is 10.0 Å².